The van der Waals surface area contributed by atoms with Crippen molar-refractivity contribution in [3.63, 3.8) is 0 Å². The molecule has 1 aliphatic heterocycles. The van der Waals surface area contributed by atoms with E-state index in [9.17, 15) is 35.9 Å². The van der Waals surface area contributed by atoms with Crippen molar-refractivity contribution in [1.82, 2.24) is 20.5 Å². The topological polar surface area (TPSA) is 112 Å². The van der Waals surface area contributed by atoms with Crippen molar-refractivity contribution in [2.45, 2.75) is 31.2 Å². The van der Waals surface area contributed by atoms with Crippen LogP contribution in [0.25, 0.3) is 10.6 Å². The van der Waals surface area contributed by atoms with Crippen LogP contribution in [-0.4, -0.2) is 71.2 Å². The molecule has 4 rings (SSSR count). The molecular weight excluding hydrogens is 590 g/mol. The molecule has 3 aromatic rings. The number of hydrogen-bond acceptors (Lipinski definition) is 6. The van der Waals surface area contributed by atoms with Crippen LogP contribution in [0.1, 0.15) is 38.4 Å². The van der Waals surface area contributed by atoms with Crippen molar-refractivity contribution in [3.05, 3.63) is 76.8 Å². The lowest BCUT2D eigenvalue weighted by Crippen LogP contribution is -2.46. The molecule has 226 valence electrons. The quantitative estimate of drug-likeness (QED) is 0.319. The Morgan fingerprint density at radius 3 is 2.24 bits per heavy atom. The minimum absolute atomic E-state index is 0.0129. The number of carboxylic acids is 1. The highest BCUT2D eigenvalue weighted by Crippen LogP contribution is 2.29. The predicted octanol–water partition coefficient (Wildman–Crippen LogP) is 5.09. The first-order valence-electron chi connectivity index (χ1n) is 12.5. The molecular formula is C27H26F6N4O4S. The summed E-state index contributed by atoms with van der Waals surface area (Å²) in [5.41, 5.74) is -0.0178. The van der Waals surface area contributed by atoms with Gasteiger partial charge < -0.3 is 20.6 Å². The van der Waals surface area contributed by atoms with Crippen LogP contribution in [0, 0.1) is 0 Å². The molecule has 42 heavy (non-hydrogen) atoms. The van der Waals surface area contributed by atoms with Crippen LogP contribution in [0.15, 0.2) is 60.8 Å². The van der Waals surface area contributed by atoms with E-state index in [4.69, 9.17) is 9.90 Å². The summed E-state index contributed by atoms with van der Waals surface area (Å²) < 4.78 is 70.3. The number of benzene rings is 1. The maximum absolute atomic E-state index is 12.8. The lowest BCUT2D eigenvalue weighted by molar-refractivity contribution is -0.192. The van der Waals surface area contributed by atoms with Gasteiger partial charge in [0.05, 0.1) is 21.0 Å². The molecule has 2 aromatic heterocycles. The first-order valence-corrected chi connectivity index (χ1v) is 13.4. The molecule has 3 heterocycles. The Labute approximate surface area is 240 Å². The number of halogens is 6. The number of carbonyl (C=O) groups is 3. The highest BCUT2D eigenvalue weighted by molar-refractivity contribution is 7.17. The Morgan fingerprint density at radius 1 is 0.952 bits per heavy atom. The smallest absolute Gasteiger partial charge is 0.475 e. The second-order valence-electron chi connectivity index (χ2n) is 9.11. The molecule has 1 saturated heterocycles. The zero-order valence-electron chi connectivity index (χ0n) is 21.8. The number of amides is 2. The van der Waals surface area contributed by atoms with Crippen LogP contribution in [-0.2, 0) is 11.0 Å². The highest BCUT2D eigenvalue weighted by atomic mass is 32.1. The average Bonchev–Trinajstić information content (AvgIpc) is 3.45. The summed E-state index contributed by atoms with van der Waals surface area (Å²) in [4.78, 5) is 41.8. The lowest BCUT2D eigenvalue weighted by Gasteiger charge is -2.32. The van der Waals surface area contributed by atoms with Gasteiger partial charge in [-0.25, -0.2) is 4.79 Å². The van der Waals surface area contributed by atoms with Crippen LogP contribution < -0.4 is 10.6 Å². The number of carbonyl (C=O) groups excluding carboxylic acids is 2. The molecule has 15 heteroatoms. The van der Waals surface area contributed by atoms with Crippen molar-refractivity contribution in [2.24, 2.45) is 0 Å². The maximum Gasteiger partial charge on any atom is 0.490 e. The van der Waals surface area contributed by atoms with Crippen LogP contribution >= 0.6 is 11.3 Å². The summed E-state index contributed by atoms with van der Waals surface area (Å²) in [5, 5.41) is 12.9. The normalized spacial score (nSPS) is 14.4. The van der Waals surface area contributed by atoms with E-state index in [1.807, 2.05) is 30.3 Å². The fourth-order valence-corrected chi connectivity index (χ4v) is 4.82. The number of aliphatic carboxylic acids is 1. The standard InChI is InChI=1S/C25H25F3N4O2S.C2HF3O2/c26-25(27,28)18-5-3-4-17(16-18)23(33)30-12-15-32-13-9-19(10-14-32)31-24(34)22-8-7-21(35-22)20-6-1-2-11-29-20;3-2(4,5)1(6)7/h1-8,11,16,19H,9-10,12-15H2,(H,30,33)(H,31,34);(H,6,7). The number of hydrogen-bond donors (Lipinski definition) is 3. The second kappa shape index (κ2) is 14.3. The fraction of sp³-hybridized carbons (Fsp3) is 0.333. The summed E-state index contributed by atoms with van der Waals surface area (Å²) in [6, 6.07) is 13.8. The Hall–Kier alpha value is -3.98. The van der Waals surface area contributed by atoms with Crippen molar-refractivity contribution in [1.29, 1.82) is 0 Å². The maximum atomic E-state index is 12.8. The fourth-order valence-electron chi connectivity index (χ4n) is 3.93. The molecule has 0 aliphatic carbocycles. The van der Waals surface area contributed by atoms with E-state index < -0.39 is 29.8 Å². The van der Waals surface area contributed by atoms with Crippen LogP contribution in [0.4, 0.5) is 26.3 Å². The van der Waals surface area contributed by atoms with E-state index in [1.54, 1.807) is 6.20 Å². The number of rotatable bonds is 7. The third-order valence-electron chi connectivity index (χ3n) is 6.08. The number of likely N-dealkylation sites (tertiary alicyclic amines) is 1. The predicted molar refractivity (Wildman–Crippen MR) is 142 cm³/mol. The van der Waals surface area contributed by atoms with E-state index >= 15 is 0 Å². The zero-order chi connectivity index (χ0) is 30.9. The highest BCUT2D eigenvalue weighted by Gasteiger charge is 2.38. The van der Waals surface area contributed by atoms with E-state index in [0.29, 0.717) is 18.0 Å². The SMILES string of the molecule is O=C(NCCN1CCC(NC(=O)c2ccc(-c3ccccn3)s2)CC1)c1cccc(C(F)(F)F)c1.O=C(O)C(F)(F)F. The van der Waals surface area contributed by atoms with Crippen LogP contribution in [0.2, 0.25) is 0 Å². The number of carboxylic acid groups (broad SMARTS) is 1. The minimum atomic E-state index is -5.08. The van der Waals surface area contributed by atoms with Gasteiger partial charge in [-0.05, 0) is 55.3 Å². The zero-order valence-corrected chi connectivity index (χ0v) is 22.7. The molecule has 1 fully saturated rings. The number of thiophene rings is 1. The van der Waals surface area contributed by atoms with Gasteiger partial charge in [-0.15, -0.1) is 11.3 Å². The van der Waals surface area contributed by atoms with E-state index in [1.165, 1.54) is 23.5 Å². The van der Waals surface area contributed by atoms with Gasteiger partial charge in [0.15, 0.2) is 0 Å². The number of alkyl halides is 6. The summed E-state index contributed by atoms with van der Waals surface area (Å²) >= 11 is 1.41. The molecule has 8 nitrogen and oxygen atoms in total. The Bertz CT molecular complexity index is 1360. The van der Waals surface area contributed by atoms with Gasteiger partial charge in [0.1, 0.15) is 0 Å². The first-order chi connectivity index (χ1) is 19.7. The molecule has 2 amide bonds. The summed E-state index contributed by atoms with van der Waals surface area (Å²) in [6.07, 6.45) is -6.28. The van der Waals surface area contributed by atoms with Gasteiger partial charge in [0, 0.05) is 44.0 Å². The lowest BCUT2D eigenvalue weighted by atomic mass is 10.0. The second-order valence-corrected chi connectivity index (χ2v) is 10.2. The van der Waals surface area contributed by atoms with Crippen molar-refractivity contribution >= 4 is 29.1 Å². The average molecular weight is 617 g/mol. The van der Waals surface area contributed by atoms with Gasteiger partial charge >= 0.3 is 18.3 Å². The van der Waals surface area contributed by atoms with Gasteiger partial charge in [0.2, 0.25) is 0 Å². The van der Waals surface area contributed by atoms with Gasteiger partial charge in [0.25, 0.3) is 11.8 Å². The van der Waals surface area contributed by atoms with E-state index in [-0.39, 0.29) is 17.5 Å². The first kappa shape index (κ1) is 32.5. The molecule has 0 unspecified atom stereocenters. The monoisotopic (exact) mass is 616 g/mol. The van der Waals surface area contributed by atoms with Crippen molar-refractivity contribution < 1.29 is 45.8 Å². The third kappa shape index (κ3) is 9.83. The Balaban J connectivity index is 0.000000616. The van der Waals surface area contributed by atoms with Gasteiger partial charge in [-0.3, -0.25) is 14.6 Å². The summed E-state index contributed by atoms with van der Waals surface area (Å²) in [7, 11) is 0. The number of piperidine rings is 1. The minimum Gasteiger partial charge on any atom is -0.475 e. The van der Waals surface area contributed by atoms with Crippen molar-refractivity contribution in [2.75, 3.05) is 26.2 Å². The summed E-state index contributed by atoms with van der Waals surface area (Å²) in [5.74, 6) is -3.38. The van der Waals surface area contributed by atoms with Gasteiger partial charge in [-0.2, -0.15) is 26.3 Å². The summed E-state index contributed by atoms with van der Waals surface area (Å²) in [6.45, 7) is 2.43. The molecule has 0 spiro atoms. The Morgan fingerprint density at radius 2 is 1.64 bits per heavy atom. The van der Waals surface area contributed by atoms with E-state index in [0.717, 1.165) is 48.6 Å². The van der Waals surface area contributed by atoms with Crippen LogP contribution in [0.3, 0.4) is 0 Å². The number of nitrogens with one attached hydrogen (secondary N) is 2. The number of nitrogens with zero attached hydrogens (tertiary/aromatic N) is 2. The molecule has 0 radical (unpaired) electrons. The van der Waals surface area contributed by atoms with E-state index in [2.05, 4.69) is 20.5 Å². The van der Waals surface area contributed by atoms with Crippen molar-refractivity contribution in [3.8, 4) is 10.6 Å². The number of aromatic nitrogens is 1. The molecule has 1 aliphatic rings. The largest absolute Gasteiger partial charge is 0.490 e. The van der Waals surface area contributed by atoms with Gasteiger partial charge in [-0.1, -0.05) is 12.1 Å². The molecule has 3 N–H and O–H groups in total. The molecule has 1 aromatic carbocycles. The molecule has 0 bridgehead atoms. The number of pyridine rings is 1. The molecule has 0 atom stereocenters. The third-order valence-corrected chi connectivity index (χ3v) is 7.18. The molecule has 0 saturated carbocycles. The Kier molecular flexibility index (Phi) is 11.1. The van der Waals surface area contributed by atoms with Crippen LogP contribution in [0.5, 0.6) is 0 Å².